The number of hydrogen-bond donors (Lipinski definition) is 1. The van der Waals surface area contributed by atoms with Crippen molar-refractivity contribution in [2.24, 2.45) is 5.92 Å². The van der Waals surface area contributed by atoms with E-state index in [0.717, 1.165) is 56.2 Å². The van der Waals surface area contributed by atoms with Crippen LogP contribution in [0.5, 0.6) is 0 Å². The smallest absolute Gasteiger partial charge is 0.214 e. The minimum Gasteiger partial charge on any atom is -0.376 e. The lowest BCUT2D eigenvalue weighted by molar-refractivity contribution is -0.107. The highest BCUT2D eigenvalue weighted by atomic mass is 16.1. The number of piperidine rings is 1. The molecule has 0 spiro atoms. The normalized spacial score (nSPS) is 19.6. The van der Waals surface area contributed by atoms with Gasteiger partial charge in [0.15, 0.2) is 0 Å². The number of nitrogens with zero attached hydrogens (tertiary/aromatic N) is 4. The summed E-state index contributed by atoms with van der Waals surface area (Å²) in [6.45, 7) is 13.6. The molecule has 2 saturated heterocycles. The minimum absolute atomic E-state index is 0.208. The zero-order chi connectivity index (χ0) is 22.9. The lowest BCUT2D eigenvalue weighted by Crippen LogP contribution is -2.46. The van der Waals surface area contributed by atoms with Crippen molar-refractivity contribution in [3.05, 3.63) is 23.8 Å². The molecule has 6 nitrogen and oxygen atoms in total. The molecule has 1 amide bonds. The monoisotopic (exact) mass is 443 g/mol. The highest BCUT2D eigenvalue weighted by Gasteiger charge is 2.21. The van der Waals surface area contributed by atoms with E-state index in [-0.39, 0.29) is 6.04 Å². The number of piperazine rings is 1. The summed E-state index contributed by atoms with van der Waals surface area (Å²) in [4.78, 5) is 21.1. The van der Waals surface area contributed by atoms with Crippen LogP contribution in [-0.2, 0) is 11.3 Å². The molecular weight excluding hydrogens is 398 g/mol. The van der Waals surface area contributed by atoms with Crippen molar-refractivity contribution in [2.45, 2.75) is 58.5 Å². The maximum atomic E-state index is 11.9. The van der Waals surface area contributed by atoms with Gasteiger partial charge in [-0.1, -0.05) is 19.4 Å². The highest BCUT2D eigenvalue weighted by molar-refractivity contribution is 5.84. The third-order valence-corrected chi connectivity index (χ3v) is 7.28. The first-order chi connectivity index (χ1) is 15.5. The van der Waals surface area contributed by atoms with E-state index in [1.165, 1.54) is 57.5 Å². The molecule has 0 aliphatic carbocycles. The fraction of sp³-hybridized carbons (Fsp3) is 0.731. The molecule has 1 aromatic rings. The molecule has 1 atom stereocenters. The molecular formula is C26H45N5O. The van der Waals surface area contributed by atoms with Crippen LogP contribution in [0, 0.1) is 5.92 Å². The topological polar surface area (TPSA) is 42.1 Å². The van der Waals surface area contributed by atoms with Gasteiger partial charge in [-0.15, -0.1) is 0 Å². The van der Waals surface area contributed by atoms with Gasteiger partial charge in [0.05, 0.1) is 11.4 Å². The van der Waals surface area contributed by atoms with Crippen LogP contribution in [0.4, 0.5) is 11.4 Å². The second kappa shape index (κ2) is 12.6. The molecule has 2 aliphatic rings. The summed E-state index contributed by atoms with van der Waals surface area (Å²) in [6.07, 6.45) is 7.14. The Morgan fingerprint density at radius 2 is 1.78 bits per heavy atom. The Kier molecular flexibility index (Phi) is 9.82. The van der Waals surface area contributed by atoms with Gasteiger partial charge in [0, 0.05) is 52.9 Å². The van der Waals surface area contributed by atoms with Gasteiger partial charge in [0.25, 0.3) is 0 Å². The van der Waals surface area contributed by atoms with Gasteiger partial charge >= 0.3 is 0 Å². The molecule has 1 unspecified atom stereocenters. The van der Waals surface area contributed by atoms with Crippen molar-refractivity contribution in [3.8, 4) is 0 Å². The Bertz CT molecular complexity index is 695. The number of anilines is 2. The highest BCUT2D eigenvalue weighted by Crippen LogP contribution is 2.31. The number of carbonyl (C=O) groups excluding carboxylic acids is 1. The van der Waals surface area contributed by atoms with E-state index in [4.69, 9.17) is 0 Å². The summed E-state index contributed by atoms with van der Waals surface area (Å²) < 4.78 is 0. The molecule has 2 fully saturated rings. The molecule has 1 N–H and O–H groups in total. The molecule has 0 saturated carbocycles. The van der Waals surface area contributed by atoms with Crippen LogP contribution < -0.4 is 15.1 Å². The van der Waals surface area contributed by atoms with Crippen LogP contribution in [0.15, 0.2) is 18.2 Å². The molecule has 2 heterocycles. The predicted octanol–water partition coefficient (Wildman–Crippen LogP) is 3.41. The zero-order valence-electron chi connectivity index (χ0n) is 20.9. The average molecular weight is 444 g/mol. The Hall–Kier alpha value is -1.63. The molecule has 180 valence electrons. The zero-order valence-corrected chi connectivity index (χ0v) is 20.9. The number of benzene rings is 1. The number of hydrogen-bond acceptors (Lipinski definition) is 5. The van der Waals surface area contributed by atoms with Crippen LogP contribution in [0.3, 0.4) is 0 Å². The summed E-state index contributed by atoms with van der Waals surface area (Å²) in [5.74, 6) is 0.920. The first kappa shape index (κ1) is 25.0. The van der Waals surface area contributed by atoms with Crippen molar-refractivity contribution >= 4 is 17.8 Å². The van der Waals surface area contributed by atoms with Crippen LogP contribution in [-0.4, -0.2) is 82.2 Å². The van der Waals surface area contributed by atoms with Gasteiger partial charge in [0.1, 0.15) is 0 Å². The van der Waals surface area contributed by atoms with Crippen molar-refractivity contribution in [1.29, 1.82) is 0 Å². The molecule has 0 radical (unpaired) electrons. The third kappa shape index (κ3) is 6.93. The number of rotatable bonds is 11. The lowest BCUT2D eigenvalue weighted by Gasteiger charge is -2.36. The van der Waals surface area contributed by atoms with Gasteiger partial charge < -0.3 is 20.0 Å². The number of amides is 1. The van der Waals surface area contributed by atoms with E-state index in [9.17, 15) is 4.79 Å². The molecule has 0 bridgehead atoms. The number of nitrogens with one attached hydrogen (secondary N) is 1. The van der Waals surface area contributed by atoms with E-state index in [0.29, 0.717) is 0 Å². The SMILES string of the molecule is CCCC(C)N(C=O)c1ccc(CN2CCN(CCC3CCNCC3)CC2)cc1N(C)C. The van der Waals surface area contributed by atoms with E-state index in [2.05, 4.69) is 66.2 Å². The second-order valence-corrected chi connectivity index (χ2v) is 9.97. The minimum atomic E-state index is 0.208. The Balaban J connectivity index is 1.54. The quantitative estimate of drug-likeness (QED) is 0.531. The Morgan fingerprint density at radius 1 is 1.09 bits per heavy atom. The van der Waals surface area contributed by atoms with Gasteiger partial charge in [-0.2, -0.15) is 0 Å². The van der Waals surface area contributed by atoms with E-state index >= 15 is 0 Å². The lowest BCUT2D eigenvalue weighted by atomic mass is 9.94. The maximum Gasteiger partial charge on any atom is 0.214 e. The Morgan fingerprint density at radius 3 is 2.41 bits per heavy atom. The summed E-state index contributed by atoms with van der Waals surface area (Å²) in [7, 11) is 4.13. The molecule has 0 aromatic heterocycles. The fourth-order valence-corrected chi connectivity index (χ4v) is 5.16. The maximum absolute atomic E-state index is 11.9. The van der Waals surface area contributed by atoms with E-state index in [1.54, 1.807) is 0 Å². The van der Waals surface area contributed by atoms with Crippen LogP contribution >= 0.6 is 0 Å². The van der Waals surface area contributed by atoms with Crippen molar-refractivity contribution in [1.82, 2.24) is 15.1 Å². The molecule has 3 rings (SSSR count). The molecule has 6 heteroatoms. The largest absolute Gasteiger partial charge is 0.376 e. The molecule has 1 aromatic carbocycles. The Labute approximate surface area is 195 Å². The van der Waals surface area contributed by atoms with E-state index in [1.807, 2.05) is 4.90 Å². The summed E-state index contributed by atoms with van der Waals surface area (Å²) in [5, 5.41) is 3.47. The van der Waals surface area contributed by atoms with Crippen LogP contribution in [0.1, 0.15) is 51.5 Å². The summed E-state index contributed by atoms with van der Waals surface area (Å²) in [5.41, 5.74) is 3.46. The molecule has 2 aliphatic heterocycles. The number of carbonyl (C=O) groups is 1. The van der Waals surface area contributed by atoms with Crippen molar-refractivity contribution in [2.75, 3.05) is 69.7 Å². The first-order valence-electron chi connectivity index (χ1n) is 12.7. The van der Waals surface area contributed by atoms with Crippen LogP contribution in [0.25, 0.3) is 0 Å². The van der Waals surface area contributed by atoms with Crippen molar-refractivity contribution in [3.63, 3.8) is 0 Å². The van der Waals surface area contributed by atoms with Gasteiger partial charge in [-0.3, -0.25) is 9.69 Å². The van der Waals surface area contributed by atoms with Gasteiger partial charge in [0.2, 0.25) is 6.41 Å². The standard InChI is InChI=1S/C26H45N5O/c1-5-6-22(2)31(21-32)25-8-7-24(19-26(25)28(3)4)20-30-17-15-29(16-18-30)14-11-23-9-12-27-13-10-23/h7-8,19,21-23,27H,5-6,9-18,20H2,1-4H3. The average Bonchev–Trinajstić information content (AvgIpc) is 2.80. The summed E-state index contributed by atoms with van der Waals surface area (Å²) in [6, 6.07) is 6.83. The van der Waals surface area contributed by atoms with E-state index < -0.39 is 0 Å². The van der Waals surface area contributed by atoms with Gasteiger partial charge in [-0.05, 0) is 75.9 Å². The summed E-state index contributed by atoms with van der Waals surface area (Å²) >= 11 is 0. The fourth-order valence-electron chi connectivity index (χ4n) is 5.16. The van der Waals surface area contributed by atoms with Gasteiger partial charge in [-0.25, -0.2) is 0 Å². The molecule has 32 heavy (non-hydrogen) atoms. The second-order valence-electron chi connectivity index (χ2n) is 9.97. The van der Waals surface area contributed by atoms with Crippen LogP contribution in [0.2, 0.25) is 0 Å². The third-order valence-electron chi connectivity index (χ3n) is 7.28. The van der Waals surface area contributed by atoms with Crippen molar-refractivity contribution < 1.29 is 4.79 Å². The first-order valence-corrected chi connectivity index (χ1v) is 12.7. The predicted molar refractivity (Wildman–Crippen MR) is 136 cm³/mol.